The number of nitrogens with zero attached hydrogens (tertiary/aromatic N) is 2. The topological polar surface area (TPSA) is 102 Å². The van der Waals surface area contributed by atoms with Gasteiger partial charge in [0.2, 0.25) is 0 Å². The highest BCUT2D eigenvalue weighted by molar-refractivity contribution is 6.42. The maximum atomic E-state index is 14.3. The number of aromatic nitrogens is 2. The molecule has 2 aromatic heterocycles. The van der Waals surface area contributed by atoms with Gasteiger partial charge in [-0.3, -0.25) is 14.2 Å². The van der Waals surface area contributed by atoms with E-state index < -0.39 is 22.7 Å². The standard InChI is InChI=1S/C30H27Cl3N2O5/c1-29(2,3)18(28(38)39)10-15-8-7-9-21-22(15)16(14-36)13-35(21)27(37)24-25(34-40-26(24)30(4,5)6)23-19(32)11-17(31)12-20(23)33/h7-14H,1-6H3,(H,38,39)/b18-10-. The van der Waals surface area contributed by atoms with Crippen LogP contribution in [-0.2, 0) is 10.2 Å². The first-order chi connectivity index (χ1) is 18.6. The number of carbonyl (C=O) groups is 3. The molecule has 0 spiro atoms. The minimum atomic E-state index is -1.08. The van der Waals surface area contributed by atoms with Gasteiger partial charge >= 0.3 is 5.97 Å². The fourth-order valence-electron chi connectivity index (χ4n) is 4.54. The van der Waals surface area contributed by atoms with Crippen LogP contribution in [0, 0.1) is 5.41 Å². The van der Waals surface area contributed by atoms with Crippen molar-refractivity contribution in [3.8, 4) is 11.3 Å². The number of rotatable bonds is 5. The predicted octanol–water partition coefficient (Wildman–Crippen LogP) is 8.57. The second-order valence-electron chi connectivity index (χ2n) is 11.5. The molecule has 4 aromatic rings. The number of fused-ring (bicyclic) bond motifs is 1. The minimum absolute atomic E-state index is 0.120. The maximum Gasteiger partial charge on any atom is 0.332 e. The van der Waals surface area contributed by atoms with E-state index in [1.54, 1.807) is 39.0 Å². The number of carboxylic acid groups (broad SMARTS) is 1. The molecule has 0 aliphatic heterocycles. The highest BCUT2D eigenvalue weighted by atomic mass is 35.5. The van der Waals surface area contributed by atoms with E-state index in [2.05, 4.69) is 5.16 Å². The summed E-state index contributed by atoms with van der Waals surface area (Å²) in [5, 5.41) is 15.2. The van der Waals surface area contributed by atoms with E-state index in [0.29, 0.717) is 33.5 Å². The molecule has 0 saturated carbocycles. The molecule has 7 nitrogen and oxygen atoms in total. The summed E-state index contributed by atoms with van der Waals surface area (Å²) in [6.07, 6.45) is 3.58. The Morgan fingerprint density at radius 3 is 2.15 bits per heavy atom. The van der Waals surface area contributed by atoms with Crippen molar-refractivity contribution in [3.05, 3.63) is 79.6 Å². The van der Waals surface area contributed by atoms with E-state index in [1.165, 1.54) is 29.0 Å². The lowest BCUT2D eigenvalue weighted by atomic mass is 9.85. The summed E-state index contributed by atoms with van der Waals surface area (Å²) < 4.78 is 7.03. The molecule has 0 aliphatic rings. The van der Waals surface area contributed by atoms with Crippen LogP contribution in [0.4, 0.5) is 0 Å². The minimum Gasteiger partial charge on any atom is -0.478 e. The van der Waals surface area contributed by atoms with Gasteiger partial charge in [-0.1, -0.05) is 93.6 Å². The molecular weight excluding hydrogens is 575 g/mol. The van der Waals surface area contributed by atoms with Crippen LogP contribution in [0.1, 0.15) is 73.6 Å². The zero-order valence-corrected chi connectivity index (χ0v) is 25.0. The molecule has 0 unspecified atom stereocenters. The Bertz CT molecular complexity index is 1690. The lowest BCUT2D eigenvalue weighted by Gasteiger charge is -2.19. The summed E-state index contributed by atoms with van der Waals surface area (Å²) in [4.78, 5) is 38.6. The van der Waals surface area contributed by atoms with Gasteiger partial charge in [-0.15, -0.1) is 0 Å². The third-order valence-corrected chi connectivity index (χ3v) is 7.22. The summed E-state index contributed by atoms with van der Waals surface area (Å²) in [7, 11) is 0. The van der Waals surface area contributed by atoms with Gasteiger partial charge in [0, 0.05) is 38.7 Å². The zero-order chi connectivity index (χ0) is 29.7. The first kappa shape index (κ1) is 29.6. The average Bonchev–Trinajstić information content (AvgIpc) is 3.43. The highest BCUT2D eigenvalue weighted by Crippen LogP contribution is 2.42. The fourth-order valence-corrected chi connectivity index (χ4v) is 5.53. The van der Waals surface area contributed by atoms with Crippen LogP contribution >= 0.6 is 34.8 Å². The largest absolute Gasteiger partial charge is 0.478 e. The van der Waals surface area contributed by atoms with Gasteiger partial charge in [-0.25, -0.2) is 4.79 Å². The van der Waals surface area contributed by atoms with E-state index in [4.69, 9.17) is 39.3 Å². The number of hydrogen-bond donors (Lipinski definition) is 1. The van der Waals surface area contributed by atoms with Gasteiger partial charge in [-0.05, 0) is 35.3 Å². The molecule has 2 aromatic carbocycles. The summed E-state index contributed by atoms with van der Waals surface area (Å²) in [5.74, 6) is -1.31. The molecule has 0 fully saturated rings. The highest BCUT2D eigenvalue weighted by Gasteiger charge is 2.34. The van der Waals surface area contributed by atoms with E-state index >= 15 is 0 Å². The summed E-state index contributed by atoms with van der Waals surface area (Å²) in [6.45, 7) is 11.0. The van der Waals surface area contributed by atoms with Crippen molar-refractivity contribution in [1.29, 1.82) is 0 Å². The number of aldehydes is 1. The fraction of sp³-hybridized carbons (Fsp3) is 0.267. The molecule has 10 heteroatoms. The van der Waals surface area contributed by atoms with Crippen LogP contribution in [0.3, 0.4) is 0 Å². The van der Waals surface area contributed by atoms with Crippen LogP contribution < -0.4 is 0 Å². The predicted molar refractivity (Wildman–Crippen MR) is 158 cm³/mol. The summed E-state index contributed by atoms with van der Waals surface area (Å²) in [6, 6.07) is 8.07. The van der Waals surface area contributed by atoms with Crippen LogP contribution in [0.2, 0.25) is 15.1 Å². The third-order valence-electron chi connectivity index (χ3n) is 6.41. The number of carbonyl (C=O) groups excluding carboxylic acids is 2. The number of aliphatic carboxylic acids is 1. The molecule has 0 saturated heterocycles. The smallest absolute Gasteiger partial charge is 0.332 e. The summed E-state index contributed by atoms with van der Waals surface area (Å²) in [5.41, 5.74) is 0.471. The maximum absolute atomic E-state index is 14.3. The zero-order valence-electron chi connectivity index (χ0n) is 22.7. The van der Waals surface area contributed by atoms with Gasteiger partial charge in [-0.2, -0.15) is 0 Å². The normalized spacial score (nSPS) is 12.7. The second kappa shape index (κ2) is 10.5. The van der Waals surface area contributed by atoms with Gasteiger partial charge in [0.1, 0.15) is 11.3 Å². The van der Waals surface area contributed by atoms with Crippen molar-refractivity contribution in [3.63, 3.8) is 0 Å². The lowest BCUT2D eigenvalue weighted by Crippen LogP contribution is -2.19. The van der Waals surface area contributed by atoms with E-state index in [-0.39, 0.29) is 38.0 Å². The van der Waals surface area contributed by atoms with Crippen LogP contribution in [0.25, 0.3) is 28.2 Å². The quantitative estimate of drug-likeness (QED) is 0.182. The second-order valence-corrected chi connectivity index (χ2v) is 12.7. The number of carboxylic acids is 1. The van der Waals surface area contributed by atoms with Gasteiger partial charge in [0.05, 0.1) is 15.6 Å². The molecule has 208 valence electrons. The van der Waals surface area contributed by atoms with Gasteiger partial charge < -0.3 is 9.63 Å². The number of hydrogen-bond acceptors (Lipinski definition) is 5. The number of halogens is 3. The molecule has 1 N–H and O–H groups in total. The molecule has 0 radical (unpaired) electrons. The Labute approximate surface area is 246 Å². The third kappa shape index (κ3) is 5.33. The van der Waals surface area contributed by atoms with Crippen molar-refractivity contribution < 1.29 is 24.0 Å². The number of benzene rings is 2. The lowest BCUT2D eigenvalue weighted by molar-refractivity contribution is -0.133. The van der Waals surface area contributed by atoms with Crippen LogP contribution in [0.5, 0.6) is 0 Å². The SMILES string of the molecule is CC(C)(C)/C(=C\c1cccc2c1c(C=O)cn2C(=O)c1c(-c2c(Cl)cc(Cl)cc2Cl)noc1C(C)(C)C)C(=O)O. The summed E-state index contributed by atoms with van der Waals surface area (Å²) >= 11 is 19.1. The van der Waals surface area contributed by atoms with Crippen LogP contribution in [-0.4, -0.2) is 33.0 Å². The Balaban J connectivity index is 2.03. The monoisotopic (exact) mass is 600 g/mol. The molecule has 4 rings (SSSR count). The van der Waals surface area contributed by atoms with Crippen molar-refractivity contribution in [1.82, 2.24) is 9.72 Å². The molecule has 2 heterocycles. The first-order valence-electron chi connectivity index (χ1n) is 12.3. The molecule has 40 heavy (non-hydrogen) atoms. The van der Waals surface area contributed by atoms with Gasteiger partial charge in [0.25, 0.3) is 5.91 Å². The average molecular weight is 602 g/mol. The van der Waals surface area contributed by atoms with Crippen molar-refractivity contribution in [2.24, 2.45) is 5.41 Å². The molecule has 0 bridgehead atoms. The Hall–Kier alpha value is -3.39. The van der Waals surface area contributed by atoms with E-state index in [1.807, 2.05) is 20.8 Å². The first-order valence-corrected chi connectivity index (χ1v) is 13.4. The molecular formula is C30H27Cl3N2O5. The Morgan fingerprint density at radius 1 is 1.00 bits per heavy atom. The van der Waals surface area contributed by atoms with Crippen molar-refractivity contribution in [2.75, 3.05) is 0 Å². The van der Waals surface area contributed by atoms with Gasteiger partial charge in [0.15, 0.2) is 12.0 Å². The van der Waals surface area contributed by atoms with E-state index in [9.17, 15) is 19.5 Å². The van der Waals surface area contributed by atoms with Crippen molar-refractivity contribution >= 4 is 69.9 Å². The molecule has 0 amide bonds. The Kier molecular flexibility index (Phi) is 7.80. The molecule has 0 atom stereocenters. The van der Waals surface area contributed by atoms with Crippen LogP contribution in [0.15, 0.2) is 46.6 Å². The Morgan fingerprint density at radius 2 is 1.62 bits per heavy atom. The molecule has 0 aliphatic carbocycles. The van der Waals surface area contributed by atoms with E-state index in [0.717, 1.165) is 0 Å². The van der Waals surface area contributed by atoms with Crippen molar-refractivity contribution in [2.45, 2.75) is 47.0 Å².